The summed E-state index contributed by atoms with van der Waals surface area (Å²) in [5.41, 5.74) is 3.17. The Morgan fingerprint density at radius 1 is 0.950 bits per heavy atom. The van der Waals surface area contributed by atoms with Crippen molar-refractivity contribution in [1.29, 1.82) is 0 Å². The molecular weight excluding hydrogens is 268 g/mol. The number of rotatable bonds is 4. The van der Waals surface area contributed by atoms with Gasteiger partial charge < -0.3 is 0 Å². The minimum Gasteiger partial charge on any atom is -0.219 e. The van der Waals surface area contributed by atoms with E-state index in [9.17, 15) is 8.42 Å². The molecule has 0 radical (unpaired) electrons. The van der Waals surface area contributed by atoms with Gasteiger partial charge in [-0.2, -0.15) is 0 Å². The van der Waals surface area contributed by atoms with E-state index in [2.05, 4.69) is 6.92 Å². The quantitative estimate of drug-likeness (QED) is 0.851. The first kappa shape index (κ1) is 14.5. The van der Waals surface area contributed by atoms with Crippen molar-refractivity contribution in [2.75, 3.05) is 0 Å². The molecule has 0 atom stereocenters. The number of aryl methyl sites for hydroxylation is 2. The maximum atomic E-state index is 12.2. The first-order valence-corrected chi connectivity index (χ1v) is 8.14. The zero-order chi connectivity index (χ0) is 14.6. The van der Waals surface area contributed by atoms with Crippen molar-refractivity contribution in [1.82, 2.24) is 0 Å². The molecule has 0 saturated carbocycles. The summed E-state index contributed by atoms with van der Waals surface area (Å²) in [6, 6.07) is 14.8. The number of hydrogen-bond acceptors (Lipinski definition) is 2. The van der Waals surface area contributed by atoms with E-state index in [1.54, 1.807) is 30.3 Å². The summed E-state index contributed by atoms with van der Waals surface area (Å²) in [5.74, 6) is 0. The maximum absolute atomic E-state index is 12.2. The second kappa shape index (κ2) is 6.06. The van der Waals surface area contributed by atoms with Gasteiger partial charge in [-0.3, -0.25) is 0 Å². The second-order valence-corrected chi connectivity index (χ2v) is 6.59. The first-order valence-electron chi connectivity index (χ1n) is 6.60. The molecule has 0 fully saturated rings. The lowest BCUT2D eigenvalue weighted by molar-refractivity contribution is 0.605. The summed E-state index contributed by atoms with van der Waals surface area (Å²) in [5, 5.41) is 1.26. The van der Waals surface area contributed by atoms with Crippen LogP contribution in [0.15, 0.2) is 58.8 Å². The van der Waals surface area contributed by atoms with Gasteiger partial charge in [-0.05, 0) is 42.7 Å². The maximum Gasteiger partial charge on any atom is 0.199 e. The molecule has 2 aromatic rings. The van der Waals surface area contributed by atoms with Gasteiger partial charge in [-0.25, -0.2) is 8.42 Å². The Morgan fingerprint density at radius 3 is 2.10 bits per heavy atom. The van der Waals surface area contributed by atoms with Gasteiger partial charge in [-0.15, -0.1) is 0 Å². The predicted molar refractivity (Wildman–Crippen MR) is 83.2 cm³/mol. The van der Waals surface area contributed by atoms with E-state index >= 15 is 0 Å². The van der Waals surface area contributed by atoms with Gasteiger partial charge in [0.15, 0.2) is 9.84 Å². The zero-order valence-corrected chi connectivity index (χ0v) is 12.5. The van der Waals surface area contributed by atoms with E-state index in [1.165, 1.54) is 11.0 Å². The van der Waals surface area contributed by atoms with Gasteiger partial charge in [0, 0.05) is 5.41 Å². The molecule has 104 valence electrons. The van der Waals surface area contributed by atoms with Crippen LogP contribution in [0.5, 0.6) is 0 Å². The molecule has 0 aliphatic heterocycles. The third kappa shape index (κ3) is 3.58. The van der Waals surface area contributed by atoms with Crippen molar-refractivity contribution in [3.8, 4) is 0 Å². The fourth-order valence-electron chi connectivity index (χ4n) is 1.84. The van der Waals surface area contributed by atoms with Crippen LogP contribution in [0.4, 0.5) is 0 Å². The highest BCUT2D eigenvalue weighted by atomic mass is 32.2. The van der Waals surface area contributed by atoms with Gasteiger partial charge in [0.1, 0.15) is 0 Å². The molecule has 2 rings (SSSR count). The van der Waals surface area contributed by atoms with Crippen molar-refractivity contribution < 1.29 is 8.42 Å². The van der Waals surface area contributed by atoms with Crippen molar-refractivity contribution in [3.05, 3.63) is 70.6 Å². The summed E-state index contributed by atoms with van der Waals surface area (Å²) in [6.07, 6.45) is 2.61. The number of hydrogen-bond donors (Lipinski definition) is 0. The summed E-state index contributed by atoms with van der Waals surface area (Å²) in [7, 11) is -3.37. The molecule has 0 N–H and O–H groups in total. The molecule has 2 nitrogen and oxygen atoms in total. The molecule has 0 saturated heterocycles. The van der Waals surface area contributed by atoms with E-state index in [4.69, 9.17) is 0 Å². The monoisotopic (exact) mass is 286 g/mol. The predicted octanol–water partition coefficient (Wildman–Crippen LogP) is 4.00. The van der Waals surface area contributed by atoms with Crippen molar-refractivity contribution in [2.45, 2.75) is 25.2 Å². The number of benzene rings is 2. The third-order valence-electron chi connectivity index (χ3n) is 3.18. The van der Waals surface area contributed by atoms with Crippen molar-refractivity contribution in [3.63, 3.8) is 0 Å². The molecule has 0 aliphatic rings. The van der Waals surface area contributed by atoms with Crippen LogP contribution in [0, 0.1) is 6.92 Å². The van der Waals surface area contributed by atoms with Crippen LogP contribution in [-0.4, -0.2) is 8.42 Å². The Bertz CT molecular complexity index is 694. The van der Waals surface area contributed by atoms with Gasteiger partial charge in [0.2, 0.25) is 0 Å². The Kier molecular flexibility index (Phi) is 4.40. The summed E-state index contributed by atoms with van der Waals surface area (Å²) < 4.78 is 24.3. The van der Waals surface area contributed by atoms with Crippen LogP contribution in [-0.2, 0) is 16.3 Å². The van der Waals surface area contributed by atoms with E-state index < -0.39 is 9.84 Å². The molecule has 0 amide bonds. The van der Waals surface area contributed by atoms with Crippen LogP contribution in [0.3, 0.4) is 0 Å². The Balaban J connectivity index is 2.22. The lowest BCUT2D eigenvalue weighted by Crippen LogP contribution is -1.95. The summed E-state index contributed by atoms with van der Waals surface area (Å²) >= 11 is 0. The van der Waals surface area contributed by atoms with Crippen LogP contribution in [0.1, 0.15) is 23.6 Å². The summed E-state index contributed by atoms with van der Waals surface area (Å²) in [4.78, 5) is 0.324. The minimum atomic E-state index is -3.37. The molecule has 2 aromatic carbocycles. The highest BCUT2D eigenvalue weighted by Crippen LogP contribution is 2.15. The van der Waals surface area contributed by atoms with Gasteiger partial charge >= 0.3 is 0 Å². The van der Waals surface area contributed by atoms with Crippen LogP contribution >= 0.6 is 0 Å². The molecule has 0 spiro atoms. The van der Waals surface area contributed by atoms with Gasteiger partial charge in [0.05, 0.1) is 4.90 Å². The molecule has 0 bridgehead atoms. The van der Waals surface area contributed by atoms with Gasteiger partial charge in [0.25, 0.3) is 0 Å². The number of sulfone groups is 1. The van der Waals surface area contributed by atoms with Gasteiger partial charge in [-0.1, -0.05) is 48.9 Å². The zero-order valence-electron chi connectivity index (χ0n) is 11.7. The average molecular weight is 286 g/mol. The highest BCUT2D eigenvalue weighted by molar-refractivity contribution is 7.94. The standard InChI is InChI=1S/C17H18O2S/c1-3-15-6-8-16(9-7-15)12-13-20(18,19)17-10-4-14(2)5-11-17/h4-13H,3H2,1-2H3/b13-12+. The SMILES string of the molecule is CCc1ccc(/C=C/S(=O)(=O)c2ccc(C)cc2)cc1. The smallest absolute Gasteiger partial charge is 0.199 e. The summed E-state index contributed by atoms with van der Waals surface area (Å²) in [6.45, 7) is 4.02. The van der Waals surface area contributed by atoms with Crippen LogP contribution in [0.2, 0.25) is 0 Å². The fourth-order valence-corrected chi connectivity index (χ4v) is 2.85. The molecule has 20 heavy (non-hydrogen) atoms. The molecular formula is C17H18O2S. The second-order valence-electron chi connectivity index (χ2n) is 4.76. The lowest BCUT2D eigenvalue weighted by atomic mass is 10.1. The average Bonchev–Trinajstić information content (AvgIpc) is 2.46. The van der Waals surface area contributed by atoms with Crippen LogP contribution < -0.4 is 0 Å². The highest BCUT2D eigenvalue weighted by Gasteiger charge is 2.09. The Hall–Kier alpha value is -1.87. The van der Waals surface area contributed by atoms with E-state index in [0.717, 1.165) is 17.5 Å². The van der Waals surface area contributed by atoms with E-state index in [0.29, 0.717) is 4.90 Å². The molecule has 0 unspecified atom stereocenters. The first-order chi connectivity index (χ1) is 9.51. The van der Waals surface area contributed by atoms with Crippen molar-refractivity contribution >= 4 is 15.9 Å². The van der Waals surface area contributed by atoms with E-state index in [1.807, 2.05) is 31.2 Å². The topological polar surface area (TPSA) is 34.1 Å². The molecule has 3 heteroatoms. The normalized spacial score (nSPS) is 11.9. The Labute approximate surface area is 120 Å². The fraction of sp³-hybridized carbons (Fsp3) is 0.176. The largest absolute Gasteiger partial charge is 0.219 e. The minimum absolute atomic E-state index is 0.324. The molecule has 0 aromatic heterocycles. The third-order valence-corrected chi connectivity index (χ3v) is 4.60. The van der Waals surface area contributed by atoms with Crippen LogP contribution in [0.25, 0.3) is 6.08 Å². The van der Waals surface area contributed by atoms with Crippen molar-refractivity contribution in [2.24, 2.45) is 0 Å². The lowest BCUT2D eigenvalue weighted by Gasteiger charge is -2.00. The Morgan fingerprint density at radius 2 is 1.55 bits per heavy atom. The molecule has 0 heterocycles. The molecule has 0 aliphatic carbocycles. The van der Waals surface area contributed by atoms with E-state index in [-0.39, 0.29) is 0 Å².